The number of nitrogens with zero attached hydrogens (tertiary/aromatic N) is 3. The maximum atomic E-state index is 12.9. The van der Waals surface area contributed by atoms with Gasteiger partial charge in [0.1, 0.15) is 0 Å². The Balaban J connectivity index is 1.34. The largest absolute Gasteiger partial charge is 0.352 e. The molecule has 0 aliphatic carbocycles. The first-order chi connectivity index (χ1) is 15.9. The molecule has 8 nitrogen and oxygen atoms in total. The normalized spacial score (nSPS) is 15.3. The van der Waals surface area contributed by atoms with Gasteiger partial charge in [-0.05, 0) is 49.6 Å². The predicted molar refractivity (Wildman–Crippen MR) is 123 cm³/mol. The Bertz CT molecular complexity index is 1230. The SMILES string of the molecule is CC(=O)c1ccc(S(=O)(=O)N2CCC(C(=O)NCc3ccccc3-n3cccn3)CC2)cc1. The number of ketones is 1. The van der Waals surface area contributed by atoms with Gasteiger partial charge >= 0.3 is 0 Å². The van der Waals surface area contributed by atoms with Crippen molar-refractivity contribution < 1.29 is 18.0 Å². The molecule has 3 aromatic rings. The molecule has 2 heterocycles. The standard InChI is InChI=1S/C24H26N4O4S/c1-18(29)19-7-9-22(10-8-19)33(31,32)27-15-11-20(12-16-27)24(30)25-17-21-5-2-3-6-23(21)28-14-4-13-26-28/h2-10,13-14,20H,11-12,15-17H2,1H3,(H,25,30). The first kappa shape index (κ1) is 22.9. The van der Waals surface area contributed by atoms with Gasteiger partial charge in [-0.25, -0.2) is 13.1 Å². The number of nitrogens with one attached hydrogen (secondary N) is 1. The van der Waals surface area contributed by atoms with Crippen molar-refractivity contribution >= 4 is 21.7 Å². The second kappa shape index (κ2) is 9.68. The Hall–Kier alpha value is -3.30. The minimum absolute atomic E-state index is 0.0758. The van der Waals surface area contributed by atoms with Crippen molar-refractivity contribution in [2.75, 3.05) is 13.1 Å². The van der Waals surface area contributed by atoms with Crippen LogP contribution in [0.3, 0.4) is 0 Å². The van der Waals surface area contributed by atoms with E-state index in [1.807, 2.05) is 36.5 Å². The molecule has 0 bridgehead atoms. The summed E-state index contributed by atoms with van der Waals surface area (Å²) in [4.78, 5) is 24.3. The first-order valence-electron chi connectivity index (χ1n) is 10.8. The number of carbonyl (C=O) groups is 2. The molecule has 0 radical (unpaired) electrons. The zero-order valence-electron chi connectivity index (χ0n) is 18.3. The van der Waals surface area contributed by atoms with Crippen LogP contribution in [-0.2, 0) is 21.4 Å². The molecule has 4 rings (SSSR count). The summed E-state index contributed by atoms with van der Waals surface area (Å²) >= 11 is 0. The fourth-order valence-corrected chi connectivity index (χ4v) is 5.46. The lowest BCUT2D eigenvalue weighted by Gasteiger charge is -2.30. The molecular formula is C24H26N4O4S. The third-order valence-corrected chi connectivity index (χ3v) is 7.83. The van der Waals surface area contributed by atoms with Crippen LogP contribution < -0.4 is 5.32 Å². The summed E-state index contributed by atoms with van der Waals surface area (Å²) in [5.41, 5.74) is 2.32. The zero-order valence-corrected chi connectivity index (χ0v) is 19.2. The summed E-state index contributed by atoms with van der Waals surface area (Å²) < 4.78 is 29.0. The second-order valence-corrected chi connectivity index (χ2v) is 9.99. The molecule has 1 saturated heterocycles. The van der Waals surface area contributed by atoms with E-state index in [1.54, 1.807) is 10.9 Å². The second-order valence-electron chi connectivity index (χ2n) is 8.06. The van der Waals surface area contributed by atoms with E-state index in [0.717, 1.165) is 11.3 Å². The lowest BCUT2D eigenvalue weighted by molar-refractivity contribution is -0.126. The Morgan fingerprint density at radius 2 is 1.73 bits per heavy atom. The van der Waals surface area contributed by atoms with Crippen LogP contribution in [0, 0.1) is 5.92 Å². The molecule has 1 aliphatic rings. The molecule has 0 saturated carbocycles. The average Bonchev–Trinajstić information content (AvgIpc) is 3.38. The Morgan fingerprint density at radius 1 is 1.03 bits per heavy atom. The van der Waals surface area contributed by atoms with E-state index in [2.05, 4.69) is 10.4 Å². The van der Waals surface area contributed by atoms with Crippen molar-refractivity contribution in [2.45, 2.75) is 31.2 Å². The van der Waals surface area contributed by atoms with E-state index < -0.39 is 10.0 Å². The molecule has 0 unspecified atom stereocenters. The number of carbonyl (C=O) groups excluding carboxylic acids is 2. The molecule has 2 aromatic carbocycles. The van der Waals surface area contributed by atoms with Crippen molar-refractivity contribution in [1.82, 2.24) is 19.4 Å². The molecular weight excluding hydrogens is 440 g/mol. The number of aromatic nitrogens is 2. The van der Waals surface area contributed by atoms with Crippen LogP contribution >= 0.6 is 0 Å². The van der Waals surface area contributed by atoms with E-state index >= 15 is 0 Å². The van der Waals surface area contributed by atoms with Crippen molar-refractivity contribution in [3.63, 3.8) is 0 Å². The summed E-state index contributed by atoms with van der Waals surface area (Å²) in [6, 6.07) is 15.5. The van der Waals surface area contributed by atoms with Gasteiger partial charge in [0.25, 0.3) is 0 Å². The van der Waals surface area contributed by atoms with E-state index in [9.17, 15) is 18.0 Å². The van der Waals surface area contributed by atoms with Crippen molar-refractivity contribution in [1.29, 1.82) is 0 Å². The van der Waals surface area contributed by atoms with Gasteiger partial charge in [0.2, 0.25) is 15.9 Å². The molecule has 9 heteroatoms. The molecule has 1 fully saturated rings. The van der Waals surface area contributed by atoms with E-state index in [4.69, 9.17) is 0 Å². The van der Waals surface area contributed by atoms with Crippen molar-refractivity contribution in [2.24, 2.45) is 5.92 Å². The number of sulfonamides is 1. The number of para-hydroxylation sites is 1. The quantitative estimate of drug-likeness (QED) is 0.540. The lowest BCUT2D eigenvalue weighted by atomic mass is 9.97. The minimum Gasteiger partial charge on any atom is -0.352 e. The van der Waals surface area contributed by atoms with Gasteiger partial charge in [-0.3, -0.25) is 9.59 Å². The fraction of sp³-hybridized carbons (Fsp3) is 0.292. The maximum absolute atomic E-state index is 12.9. The molecule has 33 heavy (non-hydrogen) atoms. The van der Waals surface area contributed by atoms with Gasteiger partial charge in [0, 0.05) is 43.5 Å². The molecule has 0 spiro atoms. The molecule has 0 atom stereocenters. The fourth-order valence-electron chi connectivity index (χ4n) is 3.99. The van der Waals surface area contributed by atoms with E-state index in [1.165, 1.54) is 35.5 Å². The van der Waals surface area contributed by atoms with E-state index in [-0.39, 0.29) is 35.6 Å². The third-order valence-electron chi connectivity index (χ3n) is 5.92. The number of hydrogen-bond donors (Lipinski definition) is 1. The number of piperidine rings is 1. The smallest absolute Gasteiger partial charge is 0.243 e. The van der Waals surface area contributed by atoms with Gasteiger partial charge < -0.3 is 5.32 Å². The van der Waals surface area contributed by atoms with Gasteiger partial charge in [-0.15, -0.1) is 0 Å². The first-order valence-corrected chi connectivity index (χ1v) is 12.3. The number of Topliss-reactive ketones (excluding diaryl/α,β-unsaturated/α-hetero) is 1. The Morgan fingerprint density at radius 3 is 2.36 bits per heavy atom. The zero-order chi connectivity index (χ0) is 23.4. The van der Waals surface area contributed by atoms with Crippen LogP contribution in [0.15, 0.2) is 71.9 Å². The maximum Gasteiger partial charge on any atom is 0.243 e. The summed E-state index contributed by atoms with van der Waals surface area (Å²) in [7, 11) is -3.66. The molecule has 1 aliphatic heterocycles. The average molecular weight is 467 g/mol. The molecule has 1 amide bonds. The summed E-state index contributed by atoms with van der Waals surface area (Å²) in [6.07, 6.45) is 4.47. The van der Waals surface area contributed by atoms with E-state index in [0.29, 0.717) is 24.9 Å². The van der Waals surface area contributed by atoms with Crippen LogP contribution in [0.4, 0.5) is 0 Å². The number of hydrogen-bond acceptors (Lipinski definition) is 5. The van der Waals surface area contributed by atoms with Crippen molar-refractivity contribution in [3.05, 3.63) is 78.1 Å². The summed E-state index contributed by atoms with van der Waals surface area (Å²) in [5, 5.41) is 7.25. The molecule has 1 N–H and O–H groups in total. The van der Waals surface area contributed by atoms with Crippen molar-refractivity contribution in [3.8, 4) is 5.69 Å². The van der Waals surface area contributed by atoms with Crippen LogP contribution in [0.1, 0.15) is 35.7 Å². The highest BCUT2D eigenvalue weighted by Crippen LogP contribution is 2.24. The highest BCUT2D eigenvalue weighted by molar-refractivity contribution is 7.89. The van der Waals surface area contributed by atoms with Gasteiger partial charge in [-0.2, -0.15) is 9.40 Å². The van der Waals surface area contributed by atoms with Crippen LogP contribution in [0.2, 0.25) is 0 Å². The highest BCUT2D eigenvalue weighted by Gasteiger charge is 2.32. The topological polar surface area (TPSA) is 101 Å². The van der Waals surface area contributed by atoms with Crippen LogP contribution in [0.5, 0.6) is 0 Å². The highest BCUT2D eigenvalue weighted by atomic mass is 32.2. The van der Waals surface area contributed by atoms with Crippen LogP contribution in [0.25, 0.3) is 5.69 Å². The van der Waals surface area contributed by atoms with Gasteiger partial charge in [-0.1, -0.05) is 30.3 Å². The Labute approximate surface area is 193 Å². The number of rotatable bonds is 7. The van der Waals surface area contributed by atoms with Gasteiger partial charge in [0.15, 0.2) is 5.78 Å². The Kier molecular flexibility index (Phi) is 6.71. The van der Waals surface area contributed by atoms with Gasteiger partial charge in [0.05, 0.1) is 10.6 Å². The number of benzene rings is 2. The predicted octanol–water partition coefficient (Wildman–Crippen LogP) is 2.79. The monoisotopic (exact) mass is 466 g/mol. The summed E-state index contributed by atoms with van der Waals surface area (Å²) in [5.74, 6) is -0.431. The van der Waals surface area contributed by atoms with Crippen LogP contribution in [-0.4, -0.2) is 47.3 Å². The lowest BCUT2D eigenvalue weighted by Crippen LogP contribution is -2.42. The number of amides is 1. The summed E-state index contributed by atoms with van der Waals surface area (Å²) in [6.45, 7) is 2.36. The molecule has 172 valence electrons. The minimum atomic E-state index is -3.66. The molecule has 1 aromatic heterocycles. The third kappa shape index (κ3) is 5.04.